The van der Waals surface area contributed by atoms with Gasteiger partial charge in [-0.2, -0.15) is 0 Å². The number of aliphatic carboxylic acids is 1. The first-order valence-electron chi connectivity index (χ1n) is 6.28. The monoisotopic (exact) mass is 264 g/mol. The number of esters is 1. The van der Waals surface area contributed by atoms with Crippen molar-refractivity contribution in [1.29, 1.82) is 0 Å². The zero-order valence-electron chi connectivity index (χ0n) is 11.6. The summed E-state index contributed by atoms with van der Waals surface area (Å²) in [6, 6.07) is 7.28. The fourth-order valence-corrected chi connectivity index (χ4v) is 1.71. The smallest absolute Gasteiger partial charge is 0.307 e. The van der Waals surface area contributed by atoms with Crippen LogP contribution in [0, 0.1) is 0 Å². The molecule has 4 nitrogen and oxygen atoms in total. The highest BCUT2D eigenvalue weighted by molar-refractivity contribution is 5.71. The van der Waals surface area contributed by atoms with Crippen molar-refractivity contribution in [1.82, 2.24) is 0 Å². The third-order valence-corrected chi connectivity index (χ3v) is 2.38. The van der Waals surface area contributed by atoms with Crippen molar-refractivity contribution >= 4 is 11.9 Å². The summed E-state index contributed by atoms with van der Waals surface area (Å²) in [4.78, 5) is 22.2. The SMILES string of the molecule is CC(C)(C)OC(=O)CCc1cccc(CC(=O)O)c1. The third-order valence-electron chi connectivity index (χ3n) is 2.38. The molecule has 1 aromatic rings. The van der Waals surface area contributed by atoms with E-state index >= 15 is 0 Å². The maximum atomic E-state index is 11.6. The van der Waals surface area contributed by atoms with Crippen LogP contribution >= 0.6 is 0 Å². The van der Waals surface area contributed by atoms with Gasteiger partial charge in [0.1, 0.15) is 5.60 Å². The topological polar surface area (TPSA) is 63.6 Å². The summed E-state index contributed by atoms with van der Waals surface area (Å²) < 4.78 is 5.22. The van der Waals surface area contributed by atoms with E-state index in [-0.39, 0.29) is 12.4 Å². The highest BCUT2D eigenvalue weighted by Crippen LogP contribution is 2.12. The van der Waals surface area contributed by atoms with Crippen molar-refractivity contribution in [3.05, 3.63) is 35.4 Å². The predicted molar refractivity (Wildman–Crippen MR) is 71.9 cm³/mol. The molecular weight excluding hydrogens is 244 g/mol. The number of hydrogen-bond donors (Lipinski definition) is 1. The van der Waals surface area contributed by atoms with E-state index in [1.54, 1.807) is 6.07 Å². The standard InChI is InChI=1S/C15H20O4/c1-15(2,3)19-14(18)8-7-11-5-4-6-12(9-11)10-13(16)17/h4-6,9H,7-8,10H2,1-3H3,(H,16,17). The molecular formula is C15H20O4. The van der Waals surface area contributed by atoms with Gasteiger partial charge in [-0.25, -0.2) is 0 Å². The van der Waals surface area contributed by atoms with E-state index in [4.69, 9.17) is 9.84 Å². The number of carboxylic acid groups (broad SMARTS) is 1. The van der Waals surface area contributed by atoms with Crippen molar-refractivity contribution < 1.29 is 19.4 Å². The minimum absolute atomic E-state index is 0.000275. The van der Waals surface area contributed by atoms with Crippen molar-refractivity contribution in [2.24, 2.45) is 0 Å². The van der Waals surface area contributed by atoms with Crippen LogP contribution in [0.3, 0.4) is 0 Å². The molecule has 0 aliphatic rings. The van der Waals surface area contributed by atoms with Crippen LogP contribution in [0.25, 0.3) is 0 Å². The largest absolute Gasteiger partial charge is 0.481 e. The Kier molecular flexibility index (Phi) is 5.10. The molecule has 0 atom stereocenters. The number of hydrogen-bond acceptors (Lipinski definition) is 3. The van der Waals surface area contributed by atoms with E-state index in [1.165, 1.54) is 0 Å². The molecule has 0 aromatic heterocycles. The molecule has 1 rings (SSSR count). The normalized spacial score (nSPS) is 11.1. The van der Waals surface area contributed by atoms with Gasteiger partial charge in [0.15, 0.2) is 0 Å². The Balaban J connectivity index is 2.53. The van der Waals surface area contributed by atoms with Gasteiger partial charge < -0.3 is 9.84 Å². The fourth-order valence-electron chi connectivity index (χ4n) is 1.71. The lowest BCUT2D eigenvalue weighted by atomic mass is 10.0. The lowest BCUT2D eigenvalue weighted by Crippen LogP contribution is -2.24. The summed E-state index contributed by atoms with van der Waals surface area (Å²) in [7, 11) is 0. The molecule has 0 unspecified atom stereocenters. The molecule has 0 spiro atoms. The van der Waals surface area contributed by atoms with Crippen molar-refractivity contribution in [2.75, 3.05) is 0 Å². The van der Waals surface area contributed by atoms with E-state index in [0.29, 0.717) is 12.8 Å². The van der Waals surface area contributed by atoms with Gasteiger partial charge in [-0.05, 0) is 38.3 Å². The highest BCUT2D eigenvalue weighted by Gasteiger charge is 2.15. The Morgan fingerprint density at radius 2 is 1.84 bits per heavy atom. The van der Waals surface area contributed by atoms with Crippen molar-refractivity contribution in [3.8, 4) is 0 Å². The van der Waals surface area contributed by atoms with Gasteiger partial charge >= 0.3 is 11.9 Å². The molecule has 0 amide bonds. The minimum atomic E-state index is -0.857. The molecule has 0 heterocycles. The zero-order chi connectivity index (χ0) is 14.5. The zero-order valence-corrected chi connectivity index (χ0v) is 11.6. The van der Waals surface area contributed by atoms with Crippen LogP contribution in [0.5, 0.6) is 0 Å². The molecule has 0 fully saturated rings. The number of benzene rings is 1. The summed E-state index contributed by atoms with van der Waals surface area (Å²) in [5.41, 5.74) is 1.22. The average Bonchev–Trinajstić information content (AvgIpc) is 2.23. The average molecular weight is 264 g/mol. The van der Waals surface area contributed by atoms with Crippen LogP contribution in [0.2, 0.25) is 0 Å². The first-order valence-corrected chi connectivity index (χ1v) is 6.28. The molecule has 1 aromatic carbocycles. The summed E-state index contributed by atoms with van der Waals surface area (Å²) in [6.45, 7) is 5.50. The molecule has 1 N–H and O–H groups in total. The second kappa shape index (κ2) is 6.36. The second-order valence-corrected chi connectivity index (χ2v) is 5.48. The molecule has 0 saturated carbocycles. The Labute approximate surface area is 113 Å². The molecule has 0 aliphatic heterocycles. The van der Waals surface area contributed by atoms with Crippen LogP contribution in [0.1, 0.15) is 38.3 Å². The number of carbonyl (C=O) groups excluding carboxylic acids is 1. The summed E-state index contributed by atoms with van der Waals surface area (Å²) in [5, 5.41) is 8.73. The molecule has 104 valence electrons. The maximum Gasteiger partial charge on any atom is 0.307 e. The van der Waals surface area contributed by atoms with Gasteiger partial charge in [-0.3, -0.25) is 9.59 Å². The Morgan fingerprint density at radius 3 is 2.42 bits per heavy atom. The molecule has 0 saturated heterocycles. The fraction of sp³-hybridized carbons (Fsp3) is 0.467. The molecule has 0 aliphatic carbocycles. The quantitative estimate of drug-likeness (QED) is 0.830. The van der Waals surface area contributed by atoms with Crippen molar-refractivity contribution in [3.63, 3.8) is 0 Å². The van der Waals surface area contributed by atoms with Gasteiger partial charge in [-0.1, -0.05) is 24.3 Å². The number of carboxylic acids is 1. The maximum absolute atomic E-state index is 11.6. The van der Waals surface area contributed by atoms with Crippen LogP contribution in [0.15, 0.2) is 24.3 Å². The van der Waals surface area contributed by atoms with E-state index in [0.717, 1.165) is 11.1 Å². The van der Waals surface area contributed by atoms with Gasteiger partial charge in [0.25, 0.3) is 0 Å². The predicted octanol–water partition coefficient (Wildman–Crippen LogP) is 2.59. The van der Waals surface area contributed by atoms with E-state index < -0.39 is 11.6 Å². The third kappa shape index (κ3) is 6.60. The van der Waals surface area contributed by atoms with Gasteiger partial charge in [0.05, 0.1) is 6.42 Å². The summed E-state index contributed by atoms with van der Waals surface area (Å²) in [6.07, 6.45) is 0.858. The Morgan fingerprint density at radius 1 is 1.21 bits per heavy atom. The first-order chi connectivity index (χ1) is 8.76. The Bertz CT molecular complexity index is 457. The minimum Gasteiger partial charge on any atom is -0.481 e. The summed E-state index contributed by atoms with van der Waals surface area (Å²) >= 11 is 0. The van der Waals surface area contributed by atoms with Crippen molar-refractivity contribution in [2.45, 2.75) is 45.6 Å². The molecule has 0 bridgehead atoms. The highest BCUT2D eigenvalue weighted by atomic mass is 16.6. The van der Waals surface area contributed by atoms with Crippen LogP contribution in [-0.4, -0.2) is 22.6 Å². The number of ether oxygens (including phenoxy) is 1. The van der Waals surface area contributed by atoms with Crippen LogP contribution in [0.4, 0.5) is 0 Å². The lowest BCUT2D eigenvalue weighted by Gasteiger charge is -2.19. The first kappa shape index (κ1) is 15.2. The van der Waals surface area contributed by atoms with E-state index in [2.05, 4.69) is 0 Å². The lowest BCUT2D eigenvalue weighted by molar-refractivity contribution is -0.154. The number of carbonyl (C=O) groups is 2. The van der Waals surface area contributed by atoms with Gasteiger partial charge in [0.2, 0.25) is 0 Å². The number of aryl methyl sites for hydroxylation is 1. The Hall–Kier alpha value is -1.84. The molecule has 4 heteroatoms. The molecule has 19 heavy (non-hydrogen) atoms. The van der Waals surface area contributed by atoms with E-state index in [1.807, 2.05) is 39.0 Å². The molecule has 0 radical (unpaired) electrons. The van der Waals surface area contributed by atoms with Crippen LogP contribution in [-0.2, 0) is 27.2 Å². The van der Waals surface area contributed by atoms with Gasteiger partial charge in [-0.15, -0.1) is 0 Å². The second-order valence-electron chi connectivity index (χ2n) is 5.48. The number of rotatable bonds is 5. The van der Waals surface area contributed by atoms with Gasteiger partial charge in [0, 0.05) is 6.42 Å². The van der Waals surface area contributed by atoms with Crippen LogP contribution < -0.4 is 0 Å². The summed E-state index contributed by atoms with van der Waals surface area (Å²) in [5.74, 6) is -1.10. The van der Waals surface area contributed by atoms with E-state index in [9.17, 15) is 9.59 Å².